The summed E-state index contributed by atoms with van der Waals surface area (Å²) >= 11 is 0. The maximum atomic E-state index is 5.87. The molecule has 0 aromatic rings. The molecule has 0 amide bonds. The van der Waals surface area contributed by atoms with E-state index in [1.54, 1.807) is 0 Å². The van der Waals surface area contributed by atoms with Crippen LogP contribution in [0.25, 0.3) is 0 Å². The number of guanidine groups is 1. The molecule has 25 heavy (non-hydrogen) atoms. The summed E-state index contributed by atoms with van der Waals surface area (Å²) in [7, 11) is 0. The van der Waals surface area contributed by atoms with Gasteiger partial charge in [-0.15, -0.1) is 0 Å². The first-order chi connectivity index (χ1) is 12.2. The molecule has 6 heteroatoms. The van der Waals surface area contributed by atoms with Gasteiger partial charge in [0.2, 0.25) is 0 Å². The highest BCUT2D eigenvalue weighted by atomic mass is 16.5. The molecular weight excluding hydrogens is 316 g/mol. The molecule has 1 fully saturated rings. The van der Waals surface area contributed by atoms with Gasteiger partial charge in [-0.1, -0.05) is 27.2 Å². The van der Waals surface area contributed by atoms with E-state index < -0.39 is 0 Å². The van der Waals surface area contributed by atoms with Gasteiger partial charge in [0.25, 0.3) is 0 Å². The minimum Gasteiger partial charge on any atom is -0.381 e. The number of hydrogen-bond acceptors (Lipinski definition) is 4. The molecule has 1 aliphatic heterocycles. The maximum Gasteiger partial charge on any atom is 0.191 e. The molecular formula is C19H40N4O2. The minimum absolute atomic E-state index is 0.195. The Bertz CT molecular complexity index is 350. The fraction of sp³-hybridized carbons (Fsp3) is 0.947. The molecule has 0 spiro atoms. The summed E-state index contributed by atoms with van der Waals surface area (Å²) in [5.41, 5.74) is 0. The third-order valence-electron chi connectivity index (χ3n) is 4.04. The number of unbranched alkanes of at least 4 members (excludes halogenated alkanes) is 1. The molecule has 1 atom stereocenters. The van der Waals surface area contributed by atoms with Crippen molar-refractivity contribution in [1.82, 2.24) is 15.5 Å². The molecule has 0 saturated carbocycles. The van der Waals surface area contributed by atoms with Crippen molar-refractivity contribution in [2.45, 2.75) is 53.1 Å². The minimum atomic E-state index is 0.195. The van der Waals surface area contributed by atoms with Gasteiger partial charge in [-0.05, 0) is 25.7 Å². The second kappa shape index (κ2) is 14.3. The highest BCUT2D eigenvalue weighted by molar-refractivity contribution is 5.79. The lowest BCUT2D eigenvalue weighted by atomic mass is 10.2. The van der Waals surface area contributed by atoms with Crippen molar-refractivity contribution in [3.8, 4) is 0 Å². The molecule has 1 rings (SSSR count). The van der Waals surface area contributed by atoms with E-state index in [1.807, 2.05) is 0 Å². The first-order valence-electron chi connectivity index (χ1n) is 10.1. The smallest absolute Gasteiger partial charge is 0.191 e. The van der Waals surface area contributed by atoms with Crippen LogP contribution in [0.1, 0.15) is 47.0 Å². The molecule has 6 nitrogen and oxygen atoms in total. The van der Waals surface area contributed by atoms with Gasteiger partial charge in [0.15, 0.2) is 5.96 Å². The molecule has 0 aromatic heterocycles. The number of aliphatic imine (C=N–C) groups is 1. The molecule has 0 aliphatic carbocycles. The molecule has 2 N–H and O–H groups in total. The number of nitrogens with one attached hydrogen (secondary N) is 2. The monoisotopic (exact) mass is 356 g/mol. The molecule has 0 aromatic carbocycles. The van der Waals surface area contributed by atoms with Crippen molar-refractivity contribution in [2.24, 2.45) is 10.9 Å². The van der Waals surface area contributed by atoms with E-state index in [-0.39, 0.29) is 6.10 Å². The number of hydrogen-bond donors (Lipinski definition) is 2. The van der Waals surface area contributed by atoms with E-state index in [0.717, 1.165) is 71.3 Å². The fourth-order valence-electron chi connectivity index (χ4n) is 2.84. The standard InChI is InChI=1S/C19H40N4O2/c1-5-7-11-24-12-8-9-21-19(20-6-2)22-14-18-16-23(10-13-25-18)15-17(3)4/h17-18H,5-16H2,1-4H3,(H2,20,21,22). The zero-order chi connectivity index (χ0) is 18.3. The summed E-state index contributed by atoms with van der Waals surface area (Å²) in [6.45, 7) is 16.9. The Morgan fingerprint density at radius 2 is 2.04 bits per heavy atom. The molecule has 0 bridgehead atoms. The van der Waals surface area contributed by atoms with Gasteiger partial charge in [-0.25, -0.2) is 0 Å². The number of rotatable bonds is 12. The number of morpholine rings is 1. The van der Waals surface area contributed by atoms with E-state index >= 15 is 0 Å². The lowest BCUT2D eigenvalue weighted by molar-refractivity contribution is -0.0261. The Morgan fingerprint density at radius 1 is 1.24 bits per heavy atom. The van der Waals surface area contributed by atoms with Gasteiger partial charge in [0, 0.05) is 45.9 Å². The summed E-state index contributed by atoms with van der Waals surface area (Å²) in [4.78, 5) is 7.19. The van der Waals surface area contributed by atoms with Crippen LogP contribution in [-0.2, 0) is 9.47 Å². The molecule has 148 valence electrons. The fourth-order valence-corrected chi connectivity index (χ4v) is 2.84. The van der Waals surface area contributed by atoms with Crippen molar-refractivity contribution in [2.75, 3.05) is 59.1 Å². The Hall–Kier alpha value is -0.850. The van der Waals surface area contributed by atoms with Crippen molar-refractivity contribution in [3.05, 3.63) is 0 Å². The van der Waals surface area contributed by atoms with Crippen LogP contribution >= 0.6 is 0 Å². The Morgan fingerprint density at radius 3 is 2.76 bits per heavy atom. The van der Waals surface area contributed by atoms with Crippen molar-refractivity contribution < 1.29 is 9.47 Å². The van der Waals surface area contributed by atoms with Crippen molar-refractivity contribution >= 4 is 5.96 Å². The van der Waals surface area contributed by atoms with Crippen LogP contribution in [0.15, 0.2) is 4.99 Å². The lowest BCUT2D eigenvalue weighted by Crippen LogP contribution is -2.46. The van der Waals surface area contributed by atoms with E-state index in [9.17, 15) is 0 Å². The molecule has 1 saturated heterocycles. The van der Waals surface area contributed by atoms with Crippen molar-refractivity contribution in [3.63, 3.8) is 0 Å². The van der Waals surface area contributed by atoms with E-state index in [0.29, 0.717) is 12.5 Å². The maximum absolute atomic E-state index is 5.87. The SMILES string of the molecule is CCCCOCCCNC(=NCC1CN(CC(C)C)CCO1)NCC. The number of nitrogens with zero attached hydrogens (tertiary/aromatic N) is 2. The van der Waals surface area contributed by atoms with Gasteiger partial charge in [0.1, 0.15) is 0 Å². The third kappa shape index (κ3) is 11.4. The lowest BCUT2D eigenvalue weighted by Gasteiger charge is -2.33. The quantitative estimate of drug-likeness (QED) is 0.319. The van der Waals surface area contributed by atoms with Gasteiger partial charge in [0.05, 0.1) is 19.3 Å². The van der Waals surface area contributed by atoms with Gasteiger partial charge in [-0.3, -0.25) is 9.89 Å². The van der Waals surface area contributed by atoms with Crippen molar-refractivity contribution in [1.29, 1.82) is 0 Å². The van der Waals surface area contributed by atoms with Crippen LogP contribution in [0.3, 0.4) is 0 Å². The predicted octanol–water partition coefficient (Wildman–Crippen LogP) is 2.11. The van der Waals surface area contributed by atoms with Crippen LogP contribution in [0, 0.1) is 5.92 Å². The molecule has 1 aliphatic rings. The molecule has 1 unspecified atom stereocenters. The second-order valence-corrected chi connectivity index (χ2v) is 7.11. The second-order valence-electron chi connectivity index (χ2n) is 7.11. The molecule has 0 radical (unpaired) electrons. The summed E-state index contributed by atoms with van der Waals surface area (Å²) in [5.74, 6) is 1.57. The topological polar surface area (TPSA) is 58.1 Å². The Labute approximate surface area is 154 Å². The summed E-state index contributed by atoms with van der Waals surface area (Å²) in [5, 5.41) is 6.69. The van der Waals surface area contributed by atoms with Gasteiger partial charge in [-0.2, -0.15) is 0 Å². The summed E-state index contributed by atoms with van der Waals surface area (Å²) in [6, 6.07) is 0. The molecule has 1 heterocycles. The summed E-state index contributed by atoms with van der Waals surface area (Å²) < 4.78 is 11.5. The van der Waals surface area contributed by atoms with Gasteiger partial charge >= 0.3 is 0 Å². The Balaban J connectivity index is 2.26. The highest BCUT2D eigenvalue weighted by Gasteiger charge is 2.20. The average Bonchev–Trinajstić information content (AvgIpc) is 2.58. The predicted molar refractivity (Wildman–Crippen MR) is 105 cm³/mol. The number of ether oxygens (including phenoxy) is 2. The van der Waals surface area contributed by atoms with Crippen LogP contribution in [-0.4, -0.2) is 76.1 Å². The third-order valence-corrected chi connectivity index (χ3v) is 4.04. The van der Waals surface area contributed by atoms with Crippen LogP contribution < -0.4 is 10.6 Å². The van der Waals surface area contributed by atoms with Crippen LogP contribution in [0.4, 0.5) is 0 Å². The normalized spacial score (nSPS) is 19.4. The zero-order valence-corrected chi connectivity index (χ0v) is 16.9. The van der Waals surface area contributed by atoms with Gasteiger partial charge < -0.3 is 20.1 Å². The highest BCUT2D eigenvalue weighted by Crippen LogP contribution is 2.08. The zero-order valence-electron chi connectivity index (χ0n) is 16.9. The Kier molecular flexibility index (Phi) is 12.7. The van der Waals surface area contributed by atoms with E-state index in [1.165, 1.54) is 6.42 Å². The largest absolute Gasteiger partial charge is 0.381 e. The average molecular weight is 357 g/mol. The first-order valence-corrected chi connectivity index (χ1v) is 10.1. The van der Waals surface area contributed by atoms with Crippen LogP contribution in [0.5, 0.6) is 0 Å². The van der Waals surface area contributed by atoms with E-state index in [4.69, 9.17) is 14.5 Å². The first kappa shape index (κ1) is 22.2. The van der Waals surface area contributed by atoms with Crippen LogP contribution in [0.2, 0.25) is 0 Å². The summed E-state index contributed by atoms with van der Waals surface area (Å²) in [6.07, 6.45) is 3.52. The van der Waals surface area contributed by atoms with E-state index in [2.05, 4.69) is 43.2 Å².